The van der Waals surface area contributed by atoms with E-state index in [1.165, 1.54) is 17.5 Å². The Kier molecular flexibility index (Phi) is 6.57. The van der Waals surface area contributed by atoms with E-state index in [0.717, 1.165) is 26.7 Å². The van der Waals surface area contributed by atoms with E-state index < -0.39 is 53.4 Å². The molecule has 3 aromatic rings. The molecule has 0 unspecified atom stereocenters. The second-order valence-electron chi connectivity index (χ2n) is 6.64. The summed E-state index contributed by atoms with van der Waals surface area (Å²) < 4.78 is 42.8. The zero-order valence-corrected chi connectivity index (χ0v) is 18.1. The maximum absolute atomic E-state index is 10.9. The van der Waals surface area contributed by atoms with Crippen LogP contribution in [0.25, 0.3) is 10.2 Å². The van der Waals surface area contributed by atoms with E-state index >= 15 is 0 Å². The van der Waals surface area contributed by atoms with Crippen LogP contribution < -0.4 is 0 Å². The van der Waals surface area contributed by atoms with Crippen LogP contribution in [0.1, 0.15) is 11.7 Å². The summed E-state index contributed by atoms with van der Waals surface area (Å²) >= 11 is 2.57. The monoisotopic (exact) mass is 490 g/mol. The van der Waals surface area contributed by atoms with Crippen molar-refractivity contribution in [2.75, 3.05) is 6.61 Å². The number of hydrogen-bond acceptors (Lipinski definition) is 12. The Labute approximate surface area is 184 Å². The topological polar surface area (TPSA) is 177 Å². The van der Waals surface area contributed by atoms with E-state index in [2.05, 4.69) is 19.5 Å². The van der Waals surface area contributed by atoms with Crippen LogP contribution in [0.4, 0.5) is 0 Å². The fraction of sp³-hybridized carbons (Fsp3) is 0.438. The predicted octanol–water partition coefficient (Wildman–Crippen LogP) is -0.0204. The number of aliphatic hydroxyl groups is 3. The summed E-state index contributed by atoms with van der Waals surface area (Å²) in [6, 6.07) is 6.49. The van der Waals surface area contributed by atoms with Gasteiger partial charge in [0.2, 0.25) is 0 Å². The number of rotatable bonds is 7. The van der Waals surface area contributed by atoms with Gasteiger partial charge in [-0.3, -0.25) is 4.55 Å². The second kappa shape index (κ2) is 9.05. The molecule has 0 bridgehead atoms. The Morgan fingerprint density at radius 3 is 2.74 bits per heavy atom. The largest absolute Gasteiger partial charge is 0.397 e. The van der Waals surface area contributed by atoms with Crippen molar-refractivity contribution in [1.29, 1.82) is 0 Å². The number of aliphatic hydroxyl groups excluding tert-OH is 3. The highest BCUT2D eigenvalue weighted by Crippen LogP contribution is 2.40. The Balaban J connectivity index is 1.56. The van der Waals surface area contributed by atoms with Gasteiger partial charge >= 0.3 is 10.4 Å². The fourth-order valence-corrected chi connectivity index (χ4v) is 5.70. The molecule has 0 radical (unpaired) electrons. The summed E-state index contributed by atoms with van der Waals surface area (Å²) in [4.78, 5) is 4.49. The first-order valence-corrected chi connectivity index (χ1v) is 12.0. The summed E-state index contributed by atoms with van der Waals surface area (Å²) in [5, 5.41) is 38.7. The van der Waals surface area contributed by atoms with Crippen molar-refractivity contribution in [2.24, 2.45) is 0 Å². The third kappa shape index (κ3) is 5.05. The molecule has 1 fully saturated rings. The van der Waals surface area contributed by atoms with Gasteiger partial charge in [-0.2, -0.15) is 8.42 Å². The van der Waals surface area contributed by atoms with Gasteiger partial charge in [-0.15, -0.1) is 16.4 Å². The van der Waals surface area contributed by atoms with Crippen molar-refractivity contribution in [3.8, 4) is 0 Å². The maximum Gasteiger partial charge on any atom is 0.397 e. The molecule has 5 atom stereocenters. The molecular weight excluding hydrogens is 472 g/mol. The molecule has 2 aromatic heterocycles. The molecule has 31 heavy (non-hydrogen) atoms. The molecule has 168 valence electrons. The first kappa shape index (κ1) is 22.5. The van der Waals surface area contributed by atoms with Crippen LogP contribution in [0.2, 0.25) is 0 Å². The lowest BCUT2D eigenvalue weighted by molar-refractivity contribution is -0.178. The van der Waals surface area contributed by atoms with Crippen LogP contribution in [-0.4, -0.2) is 78.6 Å². The minimum atomic E-state index is -4.66. The molecule has 15 heteroatoms. The highest BCUT2D eigenvalue weighted by atomic mass is 32.3. The molecule has 4 N–H and O–H groups in total. The number of hydrogen-bond donors (Lipinski definition) is 4. The van der Waals surface area contributed by atoms with Crippen LogP contribution in [0.5, 0.6) is 0 Å². The van der Waals surface area contributed by atoms with Crippen LogP contribution in [0.15, 0.2) is 34.8 Å². The molecule has 1 aromatic carbocycles. The first-order valence-electron chi connectivity index (χ1n) is 8.92. The third-order valence-electron chi connectivity index (χ3n) is 4.56. The predicted molar refractivity (Wildman–Crippen MR) is 109 cm³/mol. The molecule has 4 rings (SSSR count). The number of ether oxygens (including phenoxy) is 1. The molecule has 12 nitrogen and oxygen atoms in total. The van der Waals surface area contributed by atoms with Crippen LogP contribution >= 0.6 is 23.1 Å². The molecule has 0 saturated carbocycles. The van der Waals surface area contributed by atoms with Crippen molar-refractivity contribution < 1.29 is 37.2 Å². The number of thioether (sulfide) groups is 1. The number of aromatic nitrogens is 4. The lowest BCUT2D eigenvalue weighted by Crippen LogP contribution is -2.55. The zero-order valence-electron chi connectivity index (χ0n) is 15.6. The van der Waals surface area contributed by atoms with E-state index in [4.69, 9.17) is 9.29 Å². The van der Waals surface area contributed by atoms with Crippen molar-refractivity contribution in [2.45, 2.75) is 40.7 Å². The van der Waals surface area contributed by atoms with Gasteiger partial charge in [0.05, 0.1) is 23.0 Å². The fourth-order valence-electron chi connectivity index (χ4n) is 3.14. The van der Waals surface area contributed by atoms with Crippen molar-refractivity contribution in [1.82, 2.24) is 20.0 Å². The molecule has 1 aliphatic rings. The number of thiazole rings is 1. The van der Waals surface area contributed by atoms with E-state index in [0.29, 0.717) is 4.34 Å². The maximum atomic E-state index is 10.9. The van der Waals surface area contributed by atoms with Gasteiger partial charge in [0.1, 0.15) is 42.1 Å². The van der Waals surface area contributed by atoms with Crippen LogP contribution in [-0.2, 0) is 25.9 Å². The summed E-state index contributed by atoms with van der Waals surface area (Å²) in [5.74, 6) is 0. The van der Waals surface area contributed by atoms with E-state index in [-0.39, 0.29) is 5.69 Å². The summed E-state index contributed by atoms with van der Waals surface area (Å²) in [6.45, 7) is -1.09. The van der Waals surface area contributed by atoms with Gasteiger partial charge in [-0.1, -0.05) is 29.1 Å². The van der Waals surface area contributed by atoms with Gasteiger partial charge in [0.25, 0.3) is 0 Å². The lowest BCUT2D eigenvalue weighted by Gasteiger charge is -2.41. The number of benzene rings is 1. The van der Waals surface area contributed by atoms with Crippen LogP contribution in [0, 0.1) is 0 Å². The standard InChI is InChI=1S/C16H18N4O8S3/c21-6-10-13(22)12(20-5-8(18-19-20)7-27-31(24,25)26)14(23)15(28-10)30-16-17-9-3-1-2-4-11(9)29-16/h1-5,10,12-15,21-23H,6-7H2,(H,24,25,26)/t10-,12+,13+,14-,15+/m1/s1. The minimum Gasteiger partial charge on any atom is -0.394 e. The Hall–Kier alpha value is -1.69. The number of fused-ring (bicyclic) bond motifs is 1. The molecule has 1 aliphatic heterocycles. The smallest absolute Gasteiger partial charge is 0.394 e. The number of nitrogens with zero attached hydrogens (tertiary/aromatic N) is 4. The Morgan fingerprint density at radius 1 is 1.26 bits per heavy atom. The Bertz CT molecular complexity index is 1120. The van der Waals surface area contributed by atoms with Crippen molar-refractivity contribution >= 4 is 43.7 Å². The normalized spacial score (nSPS) is 27.0. The van der Waals surface area contributed by atoms with Crippen molar-refractivity contribution in [3.05, 3.63) is 36.2 Å². The molecule has 1 saturated heterocycles. The molecule has 3 heterocycles. The lowest BCUT2D eigenvalue weighted by atomic mass is 9.97. The zero-order chi connectivity index (χ0) is 22.2. The Morgan fingerprint density at radius 2 is 2.03 bits per heavy atom. The average molecular weight is 491 g/mol. The summed E-state index contributed by atoms with van der Waals surface area (Å²) in [5.41, 5.74) is -0.0392. The van der Waals surface area contributed by atoms with Gasteiger partial charge < -0.3 is 20.1 Å². The quantitative estimate of drug-likeness (QED) is 0.326. The SMILES string of the molecule is O=S(=O)(O)OCc1cn([C@H]2[C@@H](O)[C@@H](CO)O[C@@H](Sc3nc4ccccc4s3)[C@@H]2O)nn1. The first-order chi connectivity index (χ1) is 14.7. The highest BCUT2D eigenvalue weighted by molar-refractivity contribution is 8.01. The molecule has 0 aliphatic carbocycles. The van der Waals surface area contributed by atoms with Gasteiger partial charge in [-0.05, 0) is 12.1 Å². The van der Waals surface area contributed by atoms with Gasteiger partial charge in [0.15, 0.2) is 4.34 Å². The van der Waals surface area contributed by atoms with E-state index in [1.807, 2.05) is 24.3 Å². The molecule has 0 amide bonds. The average Bonchev–Trinajstić information content (AvgIpc) is 3.34. The number of para-hydroxylation sites is 1. The molecule has 0 spiro atoms. The minimum absolute atomic E-state index is 0.0411. The molecular formula is C16H18N4O8S3. The summed E-state index contributed by atoms with van der Waals surface area (Å²) in [7, 11) is -4.66. The summed E-state index contributed by atoms with van der Waals surface area (Å²) in [6.07, 6.45) is -2.35. The second-order valence-corrected chi connectivity index (χ2v) is 10.1. The third-order valence-corrected chi connectivity index (χ3v) is 7.26. The van der Waals surface area contributed by atoms with Gasteiger partial charge in [-0.25, -0.2) is 13.8 Å². The highest BCUT2D eigenvalue weighted by Gasteiger charge is 2.46. The van der Waals surface area contributed by atoms with Crippen molar-refractivity contribution in [3.63, 3.8) is 0 Å². The van der Waals surface area contributed by atoms with Gasteiger partial charge in [0, 0.05) is 0 Å². The van der Waals surface area contributed by atoms with E-state index in [1.54, 1.807) is 0 Å². The van der Waals surface area contributed by atoms with E-state index in [9.17, 15) is 23.7 Å². The van der Waals surface area contributed by atoms with Crippen LogP contribution in [0.3, 0.4) is 0 Å².